The molecule has 4 rings (SSSR count). The van der Waals surface area contributed by atoms with Crippen LogP contribution in [0.2, 0.25) is 0 Å². The highest BCUT2D eigenvalue weighted by atomic mass is 16.5. The van der Waals surface area contributed by atoms with E-state index in [-0.39, 0.29) is 5.88 Å². The number of carbonyl (C=O) groups excluding carboxylic acids is 1. The fraction of sp³-hybridized carbons (Fsp3) is 0.120. The number of hydrogen-bond donors (Lipinski definition) is 1. The highest BCUT2D eigenvalue weighted by molar-refractivity contribution is 5.91. The molecule has 154 valence electrons. The Morgan fingerprint density at radius 2 is 1.84 bits per heavy atom. The van der Waals surface area contributed by atoms with Crippen LogP contribution in [0.5, 0.6) is 17.2 Å². The Balaban J connectivity index is 1.69. The first kappa shape index (κ1) is 20.0. The van der Waals surface area contributed by atoms with Crippen molar-refractivity contribution in [1.29, 1.82) is 5.26 Å². The molecule has 1 unspecified atom stereocenters. The van der Waals surface area contributed by atoms with E-state index in [9.17, 15) is 10.1 Å². The van der Waals surface area contributed by atoms with Crippen molar-refractivity contribution in [2.24, 2.45) is 5.73 Å². The molecule has 0 aliphatic carbocycles. The van der Waals surface area contributed by atoms with E-state index in [1.807, 2.05) is 43.3 Å². The molecule has 0 radical (unpaired) electrons. The van der Waals surface area contributed by atoms with Crippen molar-refractivity contribution in [3.8, 4) is 23.3 Å². The zero-order valence-electron chi connectivity index (χ0n) is 17.1. The van der Waals surface area contributed by atoms with E-state index in [1.165, 1.54) is 0 Å². The Kier molecular flexibility index (Phi) is 5.33. The van der Waals surface area contributed by atoms with E-state index in [4.69, 9.17) is 19.9 Å². The van der Waals surface area contributed by atoms with Crippen molar-refractivity contribution in [3.63, 3.8) is 0 Å². The quantitative estimate of drug-likeness (QED) is 0.503. The summed E-state index contributed by atoms with van der Waals surface area (Å²) in [6, 6.07) is 21.8. The van der Waals surface area contributed by atoms with Gasteiger partial charge < -0.3 is 19.9 Å². The third kappa shape index (κ3) is 3.94. The second-order valence-electron chi connectivity index (χ2n) is 7.16. The molecule has 0 bridgehead atoms. The number of nitrogens with two attached hydrogens (primary N) is 1. The van der Waals surface area contributed by atoms with Crippen LogP contribution in [0.25, 0.3) is 0 Å². The SMILES string of the molecule is COc1cccc(C2C(C#N)=C(N)Oc3cc(OC(=O)c4ccc(C)cc4)ccc32)c1. The molecule has 0 amide bonds. The van der Waals surface area contributed by atoms with Crippen molar-refractivity contribution in [2.75, 3.05) is 7.11 Å². The summed E-state index contributed by atoms with van der Waals surface area (Å²) in [6.07, 6.45) is 0. The van der Waals surface area contributed by atoms with Gasteiger partial charge in [-0.15, -0.1) is 0 Å². The molecule has 0 saturated heterocycles. The van der Waals surface area contributed by atoms with Gasteiger partial charge in [0.15, 0.2) is 0 Å². The van der Waals surface area contributed by atoms with Crippen molar-refractivity contribution in [3.05, 3.63) is 100 Å². The molecule has 0 spiro atoms. The zero-order valence-corrected chi connectivity index (χ0v) is 17.1. The van der Waals surface area contributed by atoms with Crippen LogP contribution >= 0.6 is 0 Å². The lowest BCUT2D eigenvalue weighted by atomic mass is 9.83. The largest absolute Gasteiger partial charge is 0.497 e. The lowest BCUT2D eigenvalue weighted by Gasteiger charge is -2.27. The standard InChI is InChI=1S/C25H20N2O4/c1-15-6-8-16(9-7-15)25(28)30-19-10-11-20-22(13-19)31-24(27)21(14-26)23(20)17-4-3-5-18(12-17)29-2/h3-13,23H,27H2,1-2H3. The first-order valence-corrected chi connectivity index (χ1v) is 9.64. The fourth-order valence-corrected chi connectivity index (χ4v) is 3.52. The van der Waals surface area contributed by atoms with Gasteiger partial charge in [0.25, 0.3) is 0 Å². The van der Waals surface area contributed by atoms with Gasteiger partial charge >= 0.3 is 5.97 Å². The molecule has 2 N–H and O–H groups in total. The van der Waals surface area contributed by atoms with Gasteiger partial charge in [0.1, 0.15) is 28.9 Å². The lowest BCUT2D eigenvalue weighted by molar-refractivity contribution is 0.0734. The first-order chi connectivity index (χ1) is 15.0. The molecule has 3 aromatic carbocycles. The van der Waals surface area contributed by atoms with Crippen molar-refractivity contribution >= 4 is 5.97 Å². The first-order valence-electron chi connectivity index (χ1n) is 9.64. The average molecular weight is 412 g/mol. The number of ether oxygens (including phenoxy) is 3. The summed E-state index contributed by atoms with van der Waals surface area (Å²) in [5, 5.41) is 9.70. The summed E-state index contributed by atoms with van der Waals surface area (Å²) in [6.45, 7) is 1.95. The smallest absolute Gasteiger partial charge is 0.343 e. The number of esters is 1. The number of fused-ring (bicyclic) bond motifs is 1. The predicted molar refractivity (Wildman–Crippen MR) is 115 cm³/mol. The summed E-state index contributed by atoms with van der Waals surface area (Å²) in [7, 11) is 1.58. The molecular weight excluding hydrogens is 392 g/mol. The molecule has 6 nitrogen and oxygen atoms in total. The molecule has 3 aromatic rings. The van der Waals surface area contributed by atoms with Crippen LogP contribution in [0.1, 0.15) is 33.0 Å². The molecular formula is C25H20N2O4. The molecule has 0 saturated carbocycles. The number of carbonyl (C=O) groups is 1. The van der Waals surface area contributed by atoms with E-state index in [2.05, 4.69) is 6.07 Å². The van der Waals surface area contributed by atoms with Gasteiger partial charge in [-0.3, -0.25) is 0 Å². The number of aryl methyl sites for hydroxylation is 1. The van der Waals surface area contributed by atoms with Crippen LogP contribution in [0.4, 0.5) is 0 Å². The maximum absolute atomic E-state index is 12.5. The van der Waals surface area contributed by atoms with Crippen LogP contribution < -0.4 is 19.9 Å². The Bertz CT molecular complexity index is 1220. The molecule has 0 fully saturated rings. The highest BCUT2D eigenvalue weighted by Crippen LogP contribution is 2.44. The maximum atomic E-state index is 12.5. The predicted octanol–water partition coefficient (Wildman–Crippen LogP) is 4.44. The van der Waals surface area contributed by atoms with Gasteiger partial charge in [-0.2, -0.15) is 5.26 Å². The number of benzene rings is 3. The van der Waals surface area contributed by atoms with Crippen LogP contribution in [0, 0.1) is 18.3 Å². The van der Waals surface area contributed by atoms with Gasteiger partial charge in [0.2, 0.25) is 5.88 Å². The Labute approximate surface area is 180 Å². The van der Waals surface area contributed by atoms with Crippen molar-refractivity contribution in [1.82, 2.24) is 0 Å². The summed E-state index contributed by atoms with van der Waals surface area (Å²) in [5.74, 6) is 0.544. The second-order valence-corrected chi connectivity index (χ2v) is 7.16. The third-order valence-corrected chi connectivity index (χ3v) is 5.12. The number of methoxy groups -OCH3 is 1. The minimum absolute atomic E-state index is 0.0184. The molecule has 1 aliphatic rings. The van der Waals surface area contributed by atoms with Gasteiger partial charge in [-0.25, -0.2) is 4.79 Å². The van der Waals surface area contributed by atoms with Crippen LogP contribution in [-0.2, 0) is 0 Å². The number of hydrogen-bond acceptors (Lipinski definition) is 6. The van der Waals surface area contributed by atoms with E-state index >= 15 is 0 Å². The van der Waals surface area contributed by atoms with Gasteiger partial charge in [-0.1, -0.05) is 35.9 Å². The molecule has 1 aliphatic heterocycles. The van der Waals surface area contributed by atoms with E-state index in [0.29, 0.717) is 28.4 Å². The van der Waals surface area contributed by atoms with E-state index in [0.717, 1.165) is 16.7 Å². The van der Waals surface area contributed by atoms with Crippen LogP contribution in [0.15, 0.2) is 78.2 Å². The summed E-state index contributed by atoms with van der Waals surface area (Å²) < 4.78 is 16.5. The fourth-order valence-electron chi connectivity index (χ4n) is 3.52. The summed E-state index contributed by atoms with van der Waals surface area (Å²) >= 11 is 0. The Morgan fingerprint density at radius 3 is 2.55 bits per heavy atom. The minimum Gasteiger partial charge on any atom is -0.497 e. The van der Waals surface area contributed by atoms with Crippen LogP contribution in [0.3, 0.4) is 0 Å². The molecule has 1 heterocycles. The monoisotopic (exact) mass is 412 g/mol. The molecule has 0 aromatic heterocycles. The van der Waals surface area contributed by atoms with E-state index < -0.39 is 11.9 Å². The van der Waals surface area contributed by atoms with Crippen LogP contribution in [-0.4, -0.2) is 13.1 Å². The third-order valence-electron chi connectivity index (χ3n) is 5.12. The highest BCUT2D eigenvalue weighted by Gasteiger charge is 2.31. The summed E-state index contributed by atoms with van der Waals surface area (Å²) in [4.78, 5) is 12.5. The minimum atomic E-state index is -0.471. The number of rotatable bonds is 4. The zero-order chi connectivity index (χ0) is 22.0. The Hall–Kier alpha value is -4.24. The van der Waals surface area contributed by atoms with E-state index in [1.54, 1.807) is 37.4 Å². The normalized spacial score (nSPS) is 14.8. The number of nitriles is 1. The summed E-state index contributed by atoms with van der Waals surface area (Å²) in [5.41, 5.74) is 9.45. The van der Waals surface area contributed by atoms with Crippen molar-refractivity contribution < 1.29 is 19.0 Å². The average Bonchev–Trinajstić information content (AvgIpc) is 2.78. The topological polar surface area (TPSA) is 94.6 Å². The van der Waals surface area contributed by atoms with Gasteiger partial charge in [0.05, 0.1) is 18.6 Å². The maximum Gasteiger partial charge on any atom is 0.343 e. The molecule has 6 heteroatoms. The lowest BCUT2D eigenvalue weighted by Crippen LogP contribution is -2.21. The molecule has 1 atom stereocenters. The number of allylic oxidation sites excluding steroid dienone is 1. The Morgan fingerprint density at radius 1 is 1.06 bits per heavy atom. The second kappa shape index (κ2) is 8.25. The molecule has 31 heavy (non-hydrogen) atoms. The van der Waals surface area contributed by atoms with Gasteiger partial charge in [-0.05, 0) is 42.8 Å². The van der Waals surface area contributed by atoms with Gasteiger partial charge in [0, 0.05) is 11.6 Å². The number of nitrogens with zero attached hydrogens (tertiary/aromatic N) is 1. The van der Waals surface area contributed by atoms with Crippen molar-refractivity contribution in [2.45, 2.75) is 12.8 Å².